The Morgan fingerprint density at radius 3 is 2.68 bits per heavy atom. The number of carbonyl (C=O) groups excluding carboxylic acids is 1. The highest BCUT2D eigenvalue weighted by atomic mass is 32.2. The van der Waals surface area contributed by atoms with Gasteiger partial charge in [-0.25, -0.2) is 8.78 Å². The summed E-state index contributed by atoms with van der Waals surface area (Å²) < 4.78 is 37.2. The first-order valence-corrected chi connectivity index (χ1v) is 10.5. The van der Waals surface area contributed by atoms with Gasteiger partial charge in [-0.05, 0) is 42.0 Å². The lowest BCUT2D eigenvalue weighted by molar-refractivity contribution is -0.118. The number of amides is 1. The molecular weight excluding hydrogens is 424 g/mol. The molecule has 0 atom stereocenters. The highest BCUT2D eigenvalue weighted by Crippen LogP contribution is 2.25. The molecule has 2 heterocycles. The molecule has 0 aliphatic heterocycles. The first kappa shape index (κ1) is 20.8. The fraction of sp³-hybridized carbons (Fsp3) is 0.136. The molecule has 9 heteroatoms. The molecule has 0 spiro atoms. The minimum Gasteiger partial charge on any atom is -0.455 e. The highest BCUT2D eigenvalue weighted by Gasteiger charge is 2.15. The summed E-state index contributed by atoms with van der Waals surface area (Å²) in [5.41, 5.74) is 1.33. The van der Waals surface area contributed by atoms with Crippen LogP contribution in [0.1, 0.15) is 11.3 Å². The smallest absolute Gasteiger partial charge is 0.293 e. The van der Waals surface area contributed by atoms with Gasteiger partial charge in [-0.2, -0.15) is 4.98 Å². The van der Waals surface area contributed by atoms with Crippen LogP contribution in [0.25, 0.3) is 23.0 Å². The molecular formula is C22H17F2N3O3S. The van der Waals surface area contributed by atoms with Gasteiger partial charge >= 0.3 is 0 Å². The lowest BCUT2D eigenvalue weighted by Crippen LogP contribution is -2.24. The Morgan fingerprint density at radius 1 is 1.03 bits per heavy atom. The van der Waals surface area contributed by atoms with Crippen molar-refractivity contribution < 1.29 is 22.5 Å². The van der Waals surface area contributed by atoms with Crippen LogP contribution in [0.5, 0.6) is 0 Å². The zero-order valence-electron chi connectivity index (χ0n) is 16.2. The lowest BCUT2D eigenvalue weighted by atomic mass is 10.2. The van der Waals surface area contributed by atoms with Gasteiger partial charge in [0.15, 0.2) is 5.76 Å². The summed E-state index contributed by atoms with van der Waals surface area (Å²) in [5, 5.41) is 6.64. The van der Waals surface area contributed by atoms with Crippen LogP contribution in [0.3, 0.4) is 0 Å². The topological polar surface area (TPSA) is 81.2 Å². The van der Waals surface area contributed by atoms with Crippen LogP contribution in [0.2, 0.25) is 0 Å². The fourth-order valence-electron chi connectivity index (χ4n) is 2.74. The lowest BCUT2D eigenvalue weighted by Gasteiger charge is -2.05. The molecule has 4 rings (SSSR count). The quantitative estimate of drug-likeness (QED) is 0.422. The Hall–Kier alpha value is -3.46. The van der Waals surface area contributed by atoms with Crippen LogP contribution in [-0.4, -0.2) is 21.8 Å². The number of halogens is 2. The van der Waals surface area contributed by atoms with Gasteiger partial charge in [0.25, 0.3) is 5.89 Å². The molecule has 0 unspecified atom stereocenters. The zero-order valence-corrected chi connectivity index (χ0v) is 17.0. The van der Waals surface area contributed by atoms with E-state index in [1.54, 1.807) is 36.4 Å². The number of hydrogen-bond acceptors (Lipinski definition) is 6. The third kappa shape index (κ3) is 5.58. The number of carbonyl (C=O) groups is 1. The van der Waals surface area contributed by atoms with Gasteiger partial charge < -0.3 is 14.3 Å². The van der Waals surface area contributed by atoms with E-state index in [0.29, 0.717) is 29.4 Å². The maximum Gasteiger partial charge on any atom is 0.293 e. The molecule has 0 saturated heterocycles. The van der Waals surface area contributed by atoms with Crippen LogP contribution >= 0.6 is 11.8 Å². The van der Waals surface area contributed by atoms with Gasteiger partial charge in [-0.1, -0.05) is 29.4 Å². The van der Waals surface area contributed by atoms with E-state index in [1.165, 1.54) is 36.0 Å². The van der Waals surface area contributed by atoms with Crippen LogP contribution < -0.4 is 5.32 Å². The summed E-state index contributed by atoms with van der Waals surface area (Å²) >= 11 is 1.39. The van der Waals surface area contributed by atoms with Gasteiger partial charge in [0.05, 0.1) is 11.5 Å². The van der Waals surface area contributed by atoms with Gasteiger partial charge in [-0.15, -0.1) is 11.8 Å². The minimum atomic E-state index is -0.386. The Bertz CT molecular complexity index is 1170. The van der Waals surface area contributed by atoms with Crippen molar-refractivity contribution in [3.05, 3.63) is 83.6 Å². The largest absolute Gasteiger partial charge is 0.455 e. The van der Waals surface area contributed by atoms with E-state index in [9.17, 15) is 13.6 Å². The average molecular weight is 441 g/mol. The molecule has 0 radical (unpaired) electrons. The van der Waals surface area contributed by atoms with Crippen molar-refractivity contribution >= 4 is 17.7 Å². The van der Waals surface area contributed by atoms with E-state index >= 15 is 0 Å². The van der Waals surface area contributed by atoms with Crippen LogP contribution in [0.15, 0.2) is 69.6 Å². The van der Waals surface area contributed by atoms with E-state index in [4.69, 9.17) is 8.94 Å². The highest BCUT2D eigenvalue weighted by molar-refractivity contribution is 7.99. The Morgan fingerprint density at radius 2 is 1.87 bits per heavy atom. The third-order valence-electron chi connectivity index (χ3n) is 4.26. The van der Waals surface area contributed by atoms with Gasteiger partial charge in [0.2, 0.25) is 11.7 Å². The Balaban J connectivity index is 1.26. The molecule has 158 valence electrons. The Labute approximate surface area is 180 Å². The number of rotatable bonds is 8. The van der Waals surface area contributed by atoms with E-state index in [2.05, 4.69) is 15.5 Å². The normalized spacial score (nSPS) is 10.9. The van der Waals surface area contributed by atoms with Crippen molar-refractivity contribution in [1.29, 1.82) is 0 Å². The number of thioether (sulfide) groups is 1. The molecule has 31 heavy (non-hydrogen) atoms. The van der Waals surface area contributed by atoms with Gasteiger partial charge in [0.1, 0.15) is 17.4 Å². The molecule has 2 aromatic carbocycles. The maximum atomic E-state index is 13.4. The van der Waals surface area contributed by atoms with Crippen LogP contribution in [0, 0.1) is 11.6 Å². The summed E-state index contributed by atoms with van der Waals surface area (Å²) in [6, 6.07) is 15.4. The standard InChI is InChI=1S/C22H17F2N3O3S/c23-16-6-4-14(5-7-16)11-25-20(28)13-31-12-18-8-9-19(29-18)22-26-21(27-30-22)15-2-1-3-17(24)10-15/h1-10H,11-13H2,(H,25,28). The number of nitrogens with one attached hydrogen (secondary N) is 1. The molecule has 4 aromatic rings. The van der Waals surface area contributed by atoms with E-state index in [-0.39, 0.29) is 35.0 Å². The Kier molecular flexibility index (Phi) is 6.42. The minimum absolute atomic E-state index is 0.127. The molecule has 6 nitrogen and oxygen atoms in total. The van der Waals surface area contributed by atoms with Gasteiger partial charge in [0, 0.05) is 12.1 Å². The van der Waals surface area contributed by atoms with Crippen molar-refractivity contribution in [3.63, 3.8) is 0 Å². The molecule has 0 bridgehead atoms. The number of hydrogen-bond donors (Lipinski definition) is 1. The van der Waals surface area contributed by atoms with Gasteiger partial charge in [-0.3, -0.25) is 4.79 Å². The second-order valence-electron chi connectivity index (χ2n) is 6.60. The van der Waals surface area contributed by atoms with E-state index < -0.39 is 0 Å². The average Bonchev–Trinajstić information content (AvgIpc) is 3.43. The molecule has 0 aliphatic rings. The molecule has 0 aliphatic carbocycles. The third-order valence-corrected chi connectivity index (χ3v) is 5.22. The van der Waals surface area contributed by atoms with Crippen LogP contribution in [0.4, 0.5) is 8.78 Å². The van der Waals surface area contributed by atoms with Crippen molar-refractivity contribution in [3.8, 4) is 23.0 Å². The van der Waals surface area contributed by atoms with Crippen molar-refractivity contribution in [2.45, 2.75) is 12.3 Å². The summed E-state index contributed by atoms with van der Waals surface area (Å²) in [6.45, 7) is 0.343. The zero-order chi connectivity index (χ0) is 21.6. The number of aromatic nitrogens is 2. The summed E-state index contributed by atoms with van der Waals surface area (Å²) in [6.07, 6.45) is 0. The summed E-state index contributed by atoms with van der Waals surface area (Å²) in [4.78, 5) is 16.2. The van der Waals surface area contributed by atoms with Crippen molar-refractivity contribution in [2.75, 3.05) is 5.75 Å². The second-order valence-corrected chi connectivity index (χ2v) is 7.58. The molecule has 1 amide bonds. The monoisotopic (exact) mass is 441 g/mol. The predicted molar refractivity (Wildman–Crippen MR) is 112 cm³/mol. The molecule has 0 saturated carbocycles. The van der Waals surface area contributed by atoms with E-state index in [1.807, 2.05) is 0 Å². The first-order valence-electron chi connectivity index (χ1n) is 9.34. The molecule has 1 N–H and O–H groups in total. The number of nitrogens with zero attached hydrogens (tertiary/aromatic N) is 2. The summed E-state index contributed by atoms with van der Waals surface area (Å²) in [5.74, 6) is 1.40. The molecule has 2 aromatic heterocycles. The SMILES string of the molecule is O=C(CSCc1ccc(-c2nc(-c3cccc(F)c3)no2)o1)NCc1ccc(F)cc1. The first-order chi connectivity index (χ1) is 15.1. The number of furan rings is 1. The number of benzene rings is 2. The molecule has 0 fully saturated rings. The van der Waals surface area contributed by atoms with Crippen molar-refractivity contribution in [1.82, 2.24) is 15.5 Å². The predicted octanol–water partition coefficient (Wildman–Crippen LogP) is 4.82. The van der Waals surface area contributed by atoms with Crippen molar-refractivity contribution in [2.24, 2.45) is 0 Å². The fourth-order valence-corrected chi connectivity index (χ4v) is 3.48. The maximum absolute atomic E-state index is 13.4. The van der Waals surface area contributed by atoms with E-state index in [0.717, 1.165) is 5.56 Å². The summed E-state index contributed by atoms with van der Waals surface area (Å²) in [7, 11) is 0. The second kappa shape index (κ2) is 9.57. The van der Waals surface area contributed by atoms with Crippen LogP contribution in [-0.2, 0) is 17.1 Å².